The van der Waals surface area contributed by atoms with Crippen LogP contribution in [0.15, 0.2) is 60.1 Å². The number of imidazole rings is 1. The number of rotatable bonds is 5. The number of hydrogen-bond acceptors (Lipinski definition) is 8. The van der Waals surface area contributed by atoms with Crippen molar-refractivity contribution >= 4 is 29.2 Å². The number of benzene rings is 1. The Labute approximate surface area is 190 Å². The van der Waals surface area contributed by atoms with E-state index in [9.17, 15) is 5.11 Å². The van der Waals surface area contributed by atoms with Gasteiger partial charge in [-0.25, -0.2) is 15.0 Å². The highest BCUT2D eigenvalue weighted by Gasteiger charge is 2.21. The molecule has 3 aromatic heterocycles. The summed E-state index contributed by atoms with van der Waals surface area (Å²) in [6.07, 6.45) is 9.20. The van der Waals surface area contributed by atoms with Crippen molar-refractivity contribution in [1.82, 2.24) is 19.4 Å². The molecule has 1 atom stereocenters. The van der Waals surface area contributed by atoms with Crippen LogP contribution in [0.5, 0.6) is 0 Å². The molecule has 33 heavy (non-hydrogen) atoms. The molecule has 0 unspecified atom stereocenters. The molecule has 0 radical (unpaired) electrons. The lowest BCUT2D eigenvalue weighted by atomic mass is 10.0. The summed E-state index contributed by atoms with van der Waals surface area (Å²) < 4.78 is 7.50. The van der Waals surface area contributed by atoms with Crippen LogP contribution in [-0.2, 0) is 11.3 Å². The fourth-order valence-corrected chi connectivity index (χ4v) is 4.25. The first-order valence-corrected chi connectivity index (χ1v) is 10.9. The molecular weight excluding hydrogens is 418 g/mol. The third-order valence-electron chi connectivity index (χ3n) is 5.98. The fraction of sp³-hybridized carbons (Fsp3) is 0.250. The molecule has 5 heterocycles. The summed E-state index contributed by atoms with van der Waals surface area (Å²) in [6.45, 7) is 2.68. The van der Waals surface area contributed by atoms with E-state index in [4.69, 9.17) is 9.72 Å². The predicted molar refractivity (Wildman–Crippen MR) is 126 cm³/mol. The number of hydrogen-bond donors (Lipinski definition) is 2. The molecule has 1 aromatic carbocycles. The van der Waals surface area contributed by atoms with Gasteiger partial charge in [-0.3, -0.25) is 4.99 Å². The Morgan fingerprint density at radius 1 is 1.18 bits per heavy atom. The molecule has 9 heteroatoms. The summed E-state index contributed by atoms with van der Waals surface area (Å²) in [7, 11) is 0. The van der Waals surface area contributed by atoms with Crippen molar-refractivity contribution in [3.63, 3.8) is 0 Å². The average molecular weight is 441 g/mol. The van der Waals surface area contributed by atoms with E-state index < -0.39 is 0 Å². The molecule has 0 spiro atoms. The molecule has 0 amide bonds. The summed E-state index contributed by atoms with van der Waals surface area (Å²) in [4.78, 5) is 20.4. The summed E-state index contributed by atoms with van der Waals surface area (Å²) >= 11 is 0. The number of fused-ring (bicyclic) bond motifs is 2. The van der Waals surface area contributed by atoms with E-state index in [1.807, 2.05) is 35.1 Å². The maximum atomic E-state index is 9.38. The second kappa shape index (κ2) is 8.27. The van der Waals surface area contributed by atoms with Gasteiger partial charge in [0.15, 0.2) is 11.5 Å². The van der Waals surface area contributed by atoms with E-state index >= 15 is 0 Å². The number of aliphatic hydroxyl groups is 1. The number of nitrogens with one attached hydrogen (secondary N) is 1. The van der Waals surface area contributed by atoms with Crippen molar-refractivity contribution in [1.29, 1.82) is 0 Å². The van der Waals surface area contributed by atoms with Gasteiger partial charge in [0.2, 0.25) is 0 Å². The van der Waals surface area contributed by atoms with Crippen molar-refractivity contribution < 1.29 is 9.84 Å². The number of pyridine rings is 1. The van der Waals surface area contributed by atoms with Crippen LogP contribution < -0.4 is 10.2 Å². The van der Waals surface area contributed by atoms with Crippen molar-refractivity contribution in [2.24, 2.45) is 4.99 Å². The van der Waals surface area contributed by atoms with Crippen LogP contribution in [0.1, 0.15) is 11.1 Å². The number of nitrogens with zero attached hydrogens (tertiary/aromatic N) is 6. The zero-order chi connectivity index (χ0) is 22.2. The SMILES string of the molecule is OC[C@@H]1CN(c2ccc(Nc3nc(-c4ccc5c(c4)CN=C5)cn4ccnc34)cn2)CCO1. The maximum absolute atomic E-state index is 9.38. The third kappa shape index (κ3) is 3.81. The van der Waals surface area contributed by atoms with Gasteiger partial charge in [0.1, 0.15) is 5.82 Å². The van der Waals surface area contributed by atoms with E-state index in [2.05, 4.69) is 43.4 Å². The average Bonchev–Trinajstić information content (AvgIpc) is 3.53. The maximum Gasteiger partial charge on any atom is 0.180 e. The Morgan fingerprint density at radius 3 is 3.03 bits per heavy atom. The lowest BCUT2D eigenvalue weighted by Crippen LogP contribution is -2.44. The van der Waals surface area contributed by atoms with Crippen molar-refractivity contribution in [3.8, 4) is 11.3 Å². The van der Waals surface area contributed by atoms with Crippen molar-refractivity contribution in [2.45, 2.75) is 12.6 Å². The van der Waals surface area contributed by atoms with Gasteiger partial charge in [-0.2, -0.15) is 0 Å². The Balaban J connectivity index is 1.28. The second-order valence-electron chi connectivity index (χ2n) is 8.17. The summed E-state index contributed by atoms with van der Waals surface area (Å²) in [6, 6.07) is 10.3. The Hall–Kier alpha value is -3.82. The van der Waals surface area contributed by atoms with E-state index in [1.165, 1.54) is 5.56 Å². The van der Waals surface area contributed by atoms with E-state index in [1.54, 1.807) is 12.4 Å². The van der Waals surface area contributed by atoms with Crippen LogP contribution in [-0.4, -0.2) is 63.1 Å². The molecular formula is C24H23N7O2. The lowest BCUT2D eigenvalue weighted by Gasteiger charge is -2.32. The highest BCUT2D eigenvalue weighted by Crippen LogP contribution is 2.27. The first kappa shape index (κ1) is 19.8. The minimum atomic E-state index is -0.176. The van der Waals surface area contributed by atoms with Gasteiger partial charge < -0.3 is 24.5 Å². The highest BCUT2D eigenvalue weighted by atomic mass is 16.5. The smallest absolute Gasteiger partial charge is 0.180 e. The molecule has 0 saturated carbocycles. The minimum absolute atomic E-state index is 0.00963. The summed E-state index contributed by atoms with van der Waals surface area (Å²) in [5.74, 6) is 1.52. The highest BCUT2D eigenvalue weighted by molar-refractivity contribution is 5.86. The van der Waals surface area contributed by atoms with Crippen LogP contribution in [0, 0.1) is 0 Å². The number of aromatic nitrogens is 4. The Bertz CT molecular complexity index is 1330. The first-order valence-electron chi connectivity index (χ1n) is 10.9. The molecule has 0 aliphatic carbocycles. The number of anilines is 3. The second-order valence-corrected chi connectivity index (χ2v) is 8.17. The van der Waals surface area contributed by atoms with Crippen molar-refractivity contribution in [3.05, 3.63) is 66.2 Å². The molecule has 2 aliphatic rings. The van der Waals surface area contributed by atoms with E-state index in [0.717, 1.165) is 40.5 Å². The number of aliphatic imine (C=N–C) groups is 1. The van der Waals surface area contributed by atoms with Gasteiger partial charge in [0, 0.05) is 43.5 Å². The van der Waals surface area contributed by atoms with Gasteiger partial charge in [0.25, 0.3) is 0 Å². The quantitative estimate of drug-likeness (QED) is 0.491. The van der Waals surface area contributed by atoms with Crippen LogP contribution in [0.25, 0.3) is 16.9 Å². The molecule has 166 valence electrons. The largest absolute Gasteiger partial charge is 0.394 e. The number of ether oxygens (including phenoxy) is 1. The first-order chi connectivity index (χ1) is 16.3. The van der Waals surface area contributed by atoms with Gasteiger partial charge in [-0.15, -0.1) is 0 Å². The lowest BCUT2D eigenvalue weighted by molar-refractivity contribution is 0.00336. The molecule has 4 aromatic rings. The monoisotopic (exact) mass is 441 g/mol. The van der Waals surface area contributed by atoms with Crippen LogP contribution in [0.3, 0.4) is 0 Å². The van der Waals surface area contributed by atoms with Gasteiger partial charge in [0.05, 0.1) is 43.4 Å². The van der Waals surface area contributed by atoms with Crippen LogP contribution >= 0.6 is 0 Å². The molecule has 0 bridgehead atoms. The fourth-order valence-electron chi connectivity index (χ4n) is 4.25. The Kier molecular flexibility index (Phi) is 4.97. The standard InChI is InChI=1S/C24H23N7O2/c32-15-20-13-30(7-8-33-20)22-4-3-19(12-27-22)28-23-24-26-5-6-31(24)14-21(29-23)16-1-2-17-10-25-11-18(17)9-16/h1-6,9-10,12,14,20,32H,7-8,11,13,15H2,(H,28,29)/t20-/m0/s1. The zero-order valence-electron chi connectivity index (χ0n) is 17.9. The van der Waals surface area contributed by atoms with E-state index in [0.29, 0.717) is 25.5 Å². The van der Waals surface area contributed by atoms with Crippen molar-refractivity contribution in [2.75, 3.05) is 36.5 Å². The summed E-state index contributed by atoms with van der Waals surface area (Å²) in [5, 5.41) is 12.8. The van der Waals surface area contributed by atoms with Gasteiger partial charge in [-0.05, 0) is 29.3 Å². The molecule has 1 saturated heterocycles. The van der Waals surface area contributed by atoms with Gasteiger partial charge in [-0.1, -0.05) is 12.1 Å². The molecule has 2 N–H and O–H groups in total. The molecule has 6 rings (SSSR count). The van der Waals surface area contributed by atoms with E-state index in [-0.39, 0.29) is 12.7 Å². The predicted octanol–water partition coefficient (Wildman–Crippen LogP) is 2.66. The number of morpholine rings is 1. The summed E-state index contributed by atoms with van der Waals surface area (Å²) in [5.41, 5.74) is 5.83. The molecule has 1 fully saturated rings. The third-order valence-corrected chi connectivity index (χ3v) is 5.98. The topological polar surface area (TPSA) is 100 Å². The minimum Gasteiger partial charge on any atom is -0.394 e. The van der Waals surface area contributed by atoms with Crippen LogP contribution in [0.2, 0.25) is 0 Å². The Morgan fingerprint density at radius 2 is 2.15 bits per heavy atom. The molecule has 2 aliphatic heterocycles. The van der Waals surface area contributed by atoms with Gasteiger partial charge >= 0.3 is 0 Å². The zero-order valence-corrected chi connectivity index (χ0v) is 17.9. The normalized spacial score (nSPS) is 17.5. The molecule has 9 nitrogen and oxygen atoms in total. The van der Waals surface area contributed by atoms with Crippen LogP contribution in [0.4, 0.5) is 17.3 Å². The number of aliphatic hydroxyl groups excluding tert-OH is 1.